The molecule has 2 heteroatoms. The fraction of sp³-hybridized carbons (Fsp3) is 0.444. The number of carbonyl (C=O) groups is 1. The second kappa shape index (κ2) is 3.37. The van der Waals surface area contributed by atoms with E-state index in [1.54, 1.807) is 6.26 Å². The summed E-state index contributed by atoms with van der Waals surface area (Å²) in [4.78, 5) is 10.4. The summed E-state index contributed by atoms with van der Waals surface area (Å²) in [5.41, 5.74) is 2.21. The van der Waals surface area contributed by atoms with Crippen molar-refractivity contribution in [2.75, 3.05) is 0 Å². The van der Waals surface area contributed by atoms with Gasteiger partial charge in [-0.15, -0.1) is 0 Å². The van der Waals surface area contributed by atoms with Crippen molar-refractivity contribution < 1.29 is 9.21 Å². The summed E-state index contributed by atoms with van der Waals surface area (Å²) in [6.45, 7) is 4.08. The number of rotatable bonds is 3. The third-order valence-electron chi connectivity index (χ3n) is 1.85. The van der Waals surface area contributed by atoms with E-state index in [-0.39, 0.29) is 0 Å². The van der Waals surface area contributed by atoms with E-state index >= 15 is 0 Å². The van der Waals surface area contributed by atoms with E-state index < -0.39 is 0 Å². The van der Waals surface area contributed by atoms with Crippen molar-refractivity contribution >= 4 is 6.29 Å². The lowest BCUT2D eigenvalue weighted by atomic mass is 10.1. The predicted molar refractivity (Wildman–Crippen MR) is 42.9 cm³/mol. The topological polar surface area (TPSA) is 30.2 Å². The van der Waals surface area contributed by atoms with Crippen LogP contribution in [0.15, 0.2) is 10.7 Å². The van der Waals surface area contributed by atoms with Crippen LogP contribution in [0.5, 0.6) is 0 Å². The van der Waals surface area contributed by atoms with Gasteiger partial charge in [0.05, 0.1) is 6.26 Å². The molecule has 0 fully saturated rings. The first-order valence-corrected chi connectivity index (χ1v) is 3.87. The molecule has 1 aromatic rings. The van der Waals surface area contributed by atoms with Crippen LogP contribution in [0.25, 0.3) is 0 Å². The van der Waals surface area contributed by atoms with Crippen molar-refractivity contribution in [3.8, 4) is 0 Å². The molecule has 60 valence electrons. The molecule has 0 aliphatic rings. The molecule has 11 heavy (non-hydrogen) atoms. The maximum Gasteiger partial charge on any atom is 0.185 e. The Labute approximate surface area is 66.2 Å². The smallest absolute Gasteiger partial charge is 0.185 e. The van der Waals surface area contributed by atoms with Crippen LogP contribution in [0.4, 0.5) is 0 Å². The number of hydrogen-bond acceptors (Lipinski definition) is 2. The SMILES string of the molecule is CCc1coc(C=O)c1CC. The first-order valence-electron chi connectivity index (χ1n) is 3.87. The van der Waals surface area contributed by atoms with Gasteiger partial charge in [0.15, 0.2) is 12.0 Å². The molecule has 0 unspecified atom stereocenters. The Kier molecular flexibility index (Phi) is 2.47. The van der Waals surface area contributed by atoms with E-state index in [1.807, 2.05) is 6.92 Å². The Hall–Kier alpha value is -1.05. The van der Waals surface area contributed by atoms with Crippen LogP contribution < -0.4 is 0 Å². The highest BCUT2D eigenvalue weighted by Gasteiger charge is 2.08. The second-order valence-electron chi connectivity index (χ2n) is 2.43. The largest absolute Gasteiger partial charge is 0.461 e. The molecule has 0 amide bonds. The molecule has 0 bridgehead atoms. The van der Waals surface area contributed by atoms with Gasteiger partial charge in [0.1, 0.15) is 0 Å². The normalized spacial score (nSPS) is 10.0. The fourth-order valence-corrected chi connectivity index (χ4v) is 1.23. The lowest BCUT2D eigenvalue weighted by Gasteiger charge is -1.94. The number of furan rings is 1. The molecule has 1 aromatic heterocycles. The van der Waals surface area contributed by atoms with Gasteiger partial charge in [-0.05, 0) is 18.4 Å². The molecule has 0 spiro atoms. The molecule has 0 aliphatic heterocycles. The van der Waals surface area contributed by atoms with Crippen molar-refractivity contribution in [1.29, 1.82) is 0 Å². The highest BCUT2D eigenvalue weighted by molar-refractivity contribution is 5.73. The number of hydrogen-bond donors (Lipinski definition) is 0. The van der Waals surface area contributed by atoms with Crippen molar-refractivity contribution in [2.24, 2.45) is 0 Å². The maximum atomic E-state index is 10.4. The van der Waals surface area contributed by atoms with Crippen molar-refractivity contribution in [3.63, 3.8) is 0 Å². The summed E-state index contributed by atoms with van der Waals surface area (Å²) in [6, 6.07) is 0. The Morgan fingerprint density at radius 1 is 1.45 bits per heavy atom. The lowest BCUT2D eigenvalue weighted by Crippen LogP contribution is -1.88. The molecule has 1 rings (SSSR count). The molecular formula is C9H12O2. The first kappa shape index (κ1) is 8.05. The van der Waals surface area contributed by atoms with Crippen LogP contribution in [0, 0.1) is 0 Å². The van der Waals surface area contributed by atoms with E-state index in [9.17, 15) is 4.79 Å². The molecule has 0 aliphatic carbocycles. The molecule has 0 N–H and O–H groups in total. The van der Waals surface area contributed by atoms with Crippen molar-refractivity contribution in [3.05, 3.63) is 23.2 Å². The standard InChI is InChI=1S/C9H12O2/c1-3-7-6-11-9(5-10)8(7)4-2/h5-6H,3-4H2,1-2H3. The average Bonchev–Trinajstić information content (AvgIpc) is 2.45. The molecule has 2 nitrogen and oxygen atoms in total. The minimum absolute atomic E-state index is 0.490. The maximum absolute atomic E-state index is 10.4. The van der Waals surface area contributed by atoms with E-state index in [0.29, 0.717) is 5.76 Å². The van der Waals surface area contributed by atoms with Crippen LogP contribution >= 0.6 is 0 Å². The molecule has 1 heterocycles. The van der Waals surface area contributed by atoms with Crippen molar-refractivity contribution in [2.45, 2.75) is 26.7 Å². The van der Waals surface area contributed by atoms with Gasteiger partial charge < -0.3 is 4.42 Å². The summed E-state index contributed by atoms with van der Waals surface area (Å²) >= 11 is 0. The second-order valence-corrected chi connectivity index (χ2v) is 2.43. The summed E-state index contributed by atoms with van der Waals surface area (Å²) < 4.78 is 5.06. The zero-order valence-electron chi connectivity index (χ0n) is 6.89. The van der Waals surface area contributed by atoms with E-state index in [2.05, 4.69) is 6.92 Å². The molecule has 0 saturated heterocycles. The Balaban J connectivity index is 3.08. The van der Waals surface area contributed by atoms with Gasteiger partial charge in [-0.25, -0.2) is 0 Å². The van der Waals surface area contributed by atoms with Crippen molar-refractivity contribution in [1.82, 2.24) is 0 Å². The van der Waals surface area contributed by atoms with Crippen LogP contribution in [-0.4, -0.2) is 6.29 Å². The number of aryl methyl sites for hydroxylation is 1. The van der Waals surface area contributed by atoms with Gasteiger partial charge in [0.2, 0.25) is 0 Å². The van der Waals surface area contributed by atoms with Gasteiger partial charge in [-0.2, -0.15) is 0 Å². The summed E-state index contributed by atoms with van der Waals surface area (Å²) in [5, 5.41) is 0. The predicted octanol–water partition coefficient (Wildman–Crippen LogP) is 2.22. The Bertz CT molecular complexity index is 248. The molecule has 0 radical (unpaired) electrons. The Morgan fingerprint density at radius 2 is 2.18 bits per heavy atom. The minimum atomic E-state index is 0.490. The zero-order chi connectivity index (χ0) is 8.27. The highest BCUT2D eigenvalue weighted by Crippen LogP contribution is 2.16. The van der Waals surface area contributed by atoms with Gasteiger partial charge in [-0.1, -0.05) is 13.8 Å². The van der Waals surface area contributed by atoms with E-state index in [4.69, 9.17) is 4.42 Å². The highest BCUT2D eigenvalue weighted by atomic mass is 16.3. The van der Waals surface area contributed by atoms with E-state index in [1.165, 1.54) is 0 Å². The zero-order valence-corrected chi connectivity index (χ0v) is 6.89. The molecule has 0 atom stereocenters. The van der Waals surface area contributed by atoms with Gasteiger partial charge >= 0.3 is 0 Å². The van der Waals surface area contributed by atoms with Gasteiger partial charge in [-0.3, -0.25) is 4.79 Å². The van der Waals surface area contributed by atoms with Crippen LogP contribution in [-0.2, 0) is 12.8 Å². The number of aldehydes is 1. The monoisotopic (exact) mass is 152 g/mol. The third-order valence-corrected chi connectivity index (χ3v) is 1.85. The number of carbonyl (C=O) groups excluding carboxylic acids is 1. The fourth-order valence-electron chi connectivity index (χ4n) is 1.23. The summed E-state index contributed by atoms with van der Waals surface area (Å²) in [6.07, 6.45) is 4.24. The molecular weight excluding hydrogens is 140 g/mol. The molecule has 0 aromatic carbocycles. The quantitative estimate of drug-likeness (QED) is 0.621. The third kappa shape index (κ3) is 1.34. The first-order chi connectivity index (χ1) is 5.33. The lowest BCUT2D eigenvalue weighted by molar-refractivity contribution is 0.109. The summed E-state index contributed by atoms with van der Waals surface area (Å²) in [7, 11) is 0. The average molecular weight is 152 g/mol. The minimum Gasteiger partial charge on any atom is -0.461 e. The molecule has 0 saturated carbocycles. The van der Waals surface area contributed by atoms with Crippen LogP contribution in [0.2, 0.25) is 0 Å². The Morgan fingerprint density at radius 3 is 2.64 bits per heavy atom. The van der Waals surface area contributed by atoms with Gasteiger partial charge in [0.25, 0.3) is 0 Å². The summed E-state index contributed by atoms with van der Waals surface area (Å²) in [5.74, 6) is 0.490. The van der Waals surface area contributed by atoms with Crippen LogP contribution in [0.3, 0.4) is 0 Å². The van der Waals surface area contributed by atoms with E-state index in [0.717, 1.165) is 30.3 Å². The van der Waals surface area contributed by atoms with Crippen LogP contribution in [0.1, 0.15) is 35.5 Å². The van der Waals surface area contributed by atoms with Gasteiger partial charge in [0, 0.05) is 5.56 Å².